The zero-order chi connectivity index (χ0) is 24.5. The summed E-state index contributed by atoms with van der Waals surface area (Å²) in [7, 11) is 0. The van der Waals surface area contributed by atoms with Gasteiger partial charge in [-0.05, 0) is 48.7 Å². The highest BCUT2D eigenvalue weighted by Crippen LogP contribution is 2.37. The molecule has 0 aliphatic carbocycles. The molecule has 1 atom stereocenters. The maximum atomic E-state index is 13.5. The van der Waals surface area contributed by atoms with Crippen LogP contribution in [0.2, 0.25) is 0 Å². The van der Waals surface area contributed by atoms with Crippen LogP contribution in [0, 0.1) is 6.92 Å². The Morgan fingerprint density at radius 3 is 2.51 bits per heavy atom. The Morgan fingerprint density at radius 2 is 1.80 bits per heavy atom. The lowest BCUT2D eigenvalue weighted by Crippen LogP contribution is -2.26. The van der Waals surface area contributed by atoms with E-state index in [4.69, 9.17) is 5.10 Å². The van der Waals surface area contributed by atoms with Crippen molar-refractivity contribution in [2.75, 3.05) is 0 Å². The van der Waals surface area contributed by atoms with Crippen LogP contribution in [0.25, 0.3) is 22.0 Å². The molecule has 35 heavy (non-hydrogen) atoms. The topological polar surface area (TPSA) is 65.5 Å². The fourth-order valence-electron chi connectivity index (χ4n) is 4.75. The first-order valence-corrected chi connectivity index (χ1v) is 12.6. The number of halogens is 1. The summed E-state index contributed by atoms with van der Waals surface area (Å²) >= 11 is 3.49. The third kappa shape index (κ3) is 4.46. The number of hydrogen-bond acceptors (Lipinski definition) is 3. The molecule has 0 fully saturated rings. The lowest BCUT2D eigenvalue weighted by molar-refractivity contribution is -0.133. The Morgan fingerprint density at radius 1 is 1.06 bits per heavy atom. The van der Waals surface area contributed by atoms with Crippen molar-refractivity contribution in [2.24, 2.45) is 5.10 Å². The molecule has 0 saturated heterocycles. The SMILES string of the molecule is CCCC(=O)N1N=C(c2c(-c3ccccc3)c3cc(C)ccc3[nH]c2=O)C[C@H]1c1ccc(Br)cc1. The number of hydrogen-bond donors (Lipinski definition) is 1. The van der Waals surface area contributed by atoms with E-state index in [1.165, 1.54) is 0 Å². The van der Waals surface area contributed by atoms with Crippen molar-refractivity contribution in [1.82, 2.24) is 9.99 Å². The smallest absolute Gasteiger partial charge is 0.258 e. The Balaban J connectivity index is 1.72. The second-order valence-corrected chi connectivity index (χ2v) is 9.84. The van der Waals surface area contributed by atoms with Crippen LogP contribution in [0.5, 0.6) is 0 Å². The molecule has 1 aliphatic rings. The summed E-state index contributed by atoms with van der Waals surface area (Å²) in [6, 6.07) is 23.7. The quantitative estimate of drug-likeness (QED) is 0.312. The monoisotopic (exact) mass is 527 g/mol. The van der Waals surface area contributed by atoms with Gasteiger partial charge < -0.3 is 4.98 Å². The Labute approximate surface area is 212 Å². The summed E-state index contributed by atoms with van der Waals surface area (Å²) in [6.07, 6.45) is 1.61. The van der Waals surface area contributed by atoms with Gasteiger partial charge in [-0.15, -0.1) is 0 Å². The van der Waals surface area contributed by atoms with E-state index in [9.17, 15) is 9.59 Å². The van der Waals surface area contributed by atoms with Crippen LogP contribution in [-0.4, -0.2) is 21.6 Å². The highest BCUT2D eigenvalue weighted by Gasteiger charge is 2.35. The fraction of sp³-hybridized carbons (Fsp3) is 0.207. The average Bonchev–Trinajstić information content (AvgIpc) is 3.30. The number of aryl methyl sites for hydroxylation is 1. The zero-order valence-electron chi connectivity index (χ0n) is 19.7. The van der Waals surface area contributed by atoms with Gasteiger partial charge in [0.15, 0.2) is 0 Å². The summed E-state index contributed by atoms with van der Waals surface area (Å²) in [5.74, 6) is -0.0373. The van der Waals surface area contributed by atoms with Gasteiger partial charge in [0.2, 0.25) is 5.91 Å². The molecular weight excluding hydrogens is 502 g/mol. The maximum absolute atomic E-state index is 13.5. The molecule has 2 heterocycles. The molecule has 0 saturated carbocycles. The number of carbonyl (C=O) groups excluding carboxylic acids is 1. The van der Waals surface area contributed by atoms with Gasteiger partial charge in [0.25, 0.3) is 5.56 Å². The van der Waals surface area contributed by atoms with Crippen molar-refractivity contribution in [3.63, 3.8) is 0 Å². The summed E-state index contributed by atoms with van der Waals surface area (Å²) in [6.45, 7) is 4.03. The number of aromatic amines is 1. The third-order valence-corrected chi connectivity index (χ3v) is 6.93. The first-order valence-electron chi connectivity index (χ1n) is 11.8. The molecule has 0 spiro atoms. The van der Waals surface area contributed by atoms with Crippen molar-refractivity contribution in [1.29, 1.82) is 0 Å². The number of benzene rings is 3. The number of carbonyl (C=O) groups is 1. The van der Waals surface area contributed by atoms with E-state index in [-0.39, 0.29) is 17.5 Å². The largest absolute Gasteiger partial charge is 0.321 e. The minimum absolute atomic E-state index is 0.0373. The molecule has 1 amide bonds. The highest BCUT2D eigenvalue weighted by molar-refractivity contribution is 9.10. The van der Waals surface area contributed by atoms with Gasteiger partial charge in [-0.1, -0.05) is 76.9 Å². The van der Waals surface area contributed by atoms with Crippen molar-refractivity contribution in [2.45, 2.75) is 39.2 Å². The lowest BCUT2D eigenvalue weighted by Gasteiger charge is -2.22. The van der Waals surface area contributed by atoms with Crippen LogP contribution < -0.4 is 5.56 Å². The highest BCUT2D eigenvalue weighted by atomic mass is 79.9. The first-order chi connectivity index (χ1) is 17.0. The van der Waals surface area contributed by atoms with E-state index < -0.39 is 0 Å². The van der Waals surface area contributed by atoms with E-state index in [1.807, 2.05) is 80.6 Å². The van der Waals surface area contributed by atoms with Crippen LogP contribution in [0.3, 0.4) is 0 Å². The molecule has 6 heteroatoms. The number of nitrogens with zero attached hydrogens (tertiary/aromatic N) is 2. The number of H-pyrrole nitrogens is 1. The van der Waals surface area contributed by atoms with Crippen LogP contribution in [0.1, 0.15) is 48.9 Å². The van der Waals surface area contributed by atoms with Crippen molar-refractivity contribution < 1.29 is 4.79 Å². The maximum Gasteiger partial charge on any atom is 0.258 e. The normalized spacial score (nSPS) is 15.5. The predicted octanol–water partition coefficient (Wildman–Crippen LogP) is 6.74. The van der Waals surface area contributed by atoms with E-state index in [0.717, 1.165) is 44.1 Å². The van der Waals surface area contributed by atoms with Crippen LogP contribution in [0.15, 0.2) is 87.2 Å². The summed E-state index contributed by atoms with van der Waals surface area (Å²) in [5.41, 5.74) is 5.65. The molecular formula is C29H26BrN3O2. The molecule has 1 aliphatic heterocycles. The van der Waals surface area contributed by atoms with Crippen molar-refractivity contribution in [3.8, 4) is 11.1 Å². The van der Waals surface area contributed by atoms with Crippen molar-refractivity contribution in [3.05, 3.63) is 104 Å². The number of fused-ring (bicyclic) bond motifs is 1. The van der Waals surface area contributed by atoms with Gasteiger partial charge in [-0.2, -0.15) is 5.10 Å². The number of aromatic nitrogens is 1. The molecule has 0 radical (unpaired) electrons. The van der Waals surface area contributed by atoms with E-state index in [1.54, 1.807) is 5.01 Å². The third-order valence-electron chi connectivity index (χ3n) is 6.41. The summed E-state index contributed by atoms with van der Waals surface area (Å²) in [4.78, 5) is 29.7. The van der Waals surface area contributed by atoms with Crippen LogP contribution in [-0.2, 0) is 4.79 Å². The average molecular weight is 528 g/mol. The Kier molecular flexibility index (Phi) is 6.39. The number of pyridine rings is 1. The molecule has 1 N–H and O–H groups in total. The van der Waals surface area contributed by atoms with Gasteiger partial charge in [-0.25, -0.2) is 5.01 Å². The molecule has 5 nitrogen and oxygen atoms in total. The Bertz CT molecular complexity index is 1490. The van der Waals surface area contributed by atoms with Gasteiger partial charge in [0.1, 0.15) is 0 Å². The fourth-order valence-corrected chi connectivity index (χ4v) is 5.02. The molecule has 5 rings (SSSR count). The van der Waals surface area contributed by atoms with Gasteiger partial charge in [-0.3, -0.25) is 9.59 Å². The first kappa shape index (κ1) is 23.2. The Hall–Kier alpha value is -3.51. The number of amides is 1. The van der Waals surface area contributed by atoms with Gasteiger partial charge in [0.05, 0.1) is 17.3 Å². The number of nitrogens with one attached hydrogen (secondary N) is 1. The van der Waals surface area contributed by atoms with Crippen molar-refractivity contribution >= 4 is 38.5 Å². The summed E-state index contributed by atoms with van der Waals surface area (Å²) < 4.78 is 0.972. The van der Waals surface area contributed by atoms with E-state index in [0.29, 0.717) is 24.1 Å². The molecule has 0 unspecified atom stereocenters. The molecule has 3 aromatic carbocycles. The lowest BCUT2D eigenvalue weighted by atomic mass is 9.90. The zero-order valence-corrected chi connectivity index (χ0v) is 21.3. The summed E-state index contributed by atoms with van der Waals surface area (Å²) in [5, 5.41) is 7.35. The molecule has 4 aromatic rings. The van der Waals surface area contributed by atoms with Crippen LogP contribution in [0.4, 0.5) is 0 Å². The van der Waals surface area contributed by atoms with E-state index in [2.05, 4.69) is 27.0 Å². The number of rotatable bonds is 5. The predicted molar refractivity (Wildman–Crippen MR) is 145 cm³/mol. The van der Waals surface area contributed by atoms with E-state index >= 15 is 0 Å². The molecule has 1 aromatic heterocycles. The second kappa shape index (κ2) is 9.62. The van der Waals surface area contributed by atoms with Gasteiger partial charge >= 0.3 is 0 Å². The number of hydrazone groups is 1. The molecule has 176 valence electrons. The molecule has 0 bridgehead atoms. The van der Waals surface area contributed by atoms with Crippen LogP contribution >= 0.6 is 15.9 Å². The standard InChI is InChI=1S/C29H26BrN3O2/c1-3-7-26(34)33-25(19-11-13-21(30)14-12-19)17-24(32-33)28-27(20-8-5-4-6-9-20)22-16-18(2)10-15-23(22)31-29(28)35/h4-6,8-16,25H,3,7,17H2,1-2H3,(H,31,35)/t25-/m0/s1. The minimum atomic E-state index is -0.256. The second-order valence-electron chi connectivity index (χ2n) is 8.93. The minimum Gasteiger partial charge on any atom is -0.321 e. The van der Waals surface area contributed by atoms with Gasteiger partial charge in [0, 0.05) is 33.8 Å².